The minimum Gasteiger partial charge on any atom is -0.462 e. The number of nitrogens with zero attached hydrogens (tertiary/aromatic N) is 2. The van der Waals surface area contributed by atoms with Crippen LogP contribution < -0.4 is 0 Å². The second-order valence-corrected chi connectivity index (χ2v) is 19.2. The molecule has 0 bridgehead atoms. The van der Waals surface area contributed by atoms with Gasteiger partial charge in [0.2, 0.25) is 0 Å². The van der Waals surface area contributed by atoms with Crippen LogP contribution in [0.4, 0.5) is 0 Å². The van der Waals surface area contributed by atoms with E-state index in [2.05, 4.69) is 38.9 Å². The molecule has 0 aromatic heterocycles. The Bertz CT molecular complexity index is 1440. The number of allylic oxidation sites excluding steroid dienone is 2. The van der Waals surface area contributed by atoms with Gasteiger partial charge in [0.25, 0.3) is 0 Å². The molecule has 20 atom stereocenters. The number of carbonyl (C=O) groups is 2. The molecular weight excluding hydrogens is 789 g/mol. The molecule has 0 saturated carbocycles. The van der Waals surface area contributed by atoms with Gasteiger partial charge in [-0.2, -0.15) is 0 Å². The molecule has 3 saturated heterocycles. The van der Waals surface area contributed by atoms with E-state index in [4.69, 9.17) is 33.2 Å². The zero-order valence-electron chi connectivity index (χ0n) is 39.1. The van der Waals surface area contributed by atoms with Gasteiger partial charge in [0.15, 0.2) is 18.9 Å². The van der Waals surface area contributed by atoms with Crippen molar-refractivity contribution in [2.45, 2.75) is 205 Å². The molecule has 0 radical (unpaired) electrons. The third-order valence-electron chi connectivity index (χ3n) is 13.5. The number of likely N-dealkylation sites (N-methyl/N-ethyl adjacent to an activating group) is 2. The van der Waals surface area contributed by atoms with E-state index < -0.39 is 103 Å². The summed E-state index contributed by atoms with van der Waals surface area (Å²) >= 11 is 0. The van der Waals surface area contributed by atoms with Crippen molar-refractivity contribution >= 4 is 12.3 Å². The topological polar surface area (TPSA) is 186 Å². The van der Waals surface area contributed by atoms with Gasteiger partial charge in [-0.25, -0.2) is 0 Å². The smallest absolute Gasteiger partial charge is 0.308 e. The third-order valence-corrected chi connectivity index (χ3v) is 13.5. The van der Waals surface area contributed by atoms with Crippen molar-refractivity contribution in [3.05, 3.63) is 23.8 Å². The van der Waals surface area contributed by atoms with Gasteiger partial charge in [0.1, 0.15) is 30.7 Å². The Morgan fingerprint density at radius 1 is 0.885 bits per heavy atom. The van der Waals surface area contributed by atoms with Crippen LogP contribution in [0.25, 0.3) is 0 Å². The number of esters is 1. The molecule has 4 N–H and O–H groups in total. The van der Waals surface area contributed by atoms with Crippen molar-refractivity contribution in [3.8, 4) is 0 Å². The quantitative estimate of drug-likeness (QED) is 0.173. The van der Waals surface area contributed by atoms with Crippen LogP contribution in [0.15, 0.2) is 23.8 Å². The maximum absolute atomic E-state index is 13.4. The van der Waals surface area contributed by atoms with Gasteiger partial charge in [0, 0.05) is 30.7 Å². The fourth-order valence-corrected chi connectivity index (χ4v) is 9.85. The first-order valence-electron chi connectivity index (χ1n) is 22.6. The summed E-state index contributed by atoms with van der Waals surface area (Å²) in [6.07, 6.45) is -0.704. The molecule has 4 aliphatic heterocycles. The van der Waals surface area contributed by atoms with Crippen molar-refractivity contribution in [2.24, 2.45) is 23.7 Å². The second-order valence-electron chi connectivity index (χ2n) is 19.2. The van der Waals surface area contributed by atoms with Crippen LogP contribution in [0, 0.1) is 23.7 Å². The van der Waals surface area contributed by atoms with Crippen LogP contribution in [-0.2, 0) is 42.7 Å². The molecule has 4 rings (SSSR count). The highest BCUT2D eigenvalue weighted by molar-refractivity contribution is 5.70. The molecule has 15 nitrogen and oxygen atoms in total. The number of hydrogen-bond donors (Lipinski definition) is 4. The van der Waals surface area contributed by atoms with Crippen molar-refractivity contribution in [1.82, 2.24) is 9.80 Å². The molecule has 3 fully saturated rings. The minimum absolute atomic E-state index is 0.000458. The Morgan fingerprint density at radius 2 is 1.56 bits per heavy atom. The molecular formula is C46H80N2O13. The van der Waals surface area contributed by atoms with Gasteiger partial charge in [0.05, 0.1) is 54.7 Å². The molecule has 0 aromatic carbocycles. The Balaban J connectivity index is 1.69. The first kappa shape index (κ1) is 51.8. The van der Waals surface area contributed by atoms with Crippen LogP contribution >= 0.6 is 0 Å². The van der Waals surface area contributed by atoms with Crippen LogP contribution in [0.1, 0.15) is 107 Å². The summed E-state index contributed by atoms with van der Waals surface area (Å²) in [5.41, 5.74) is -0.484. The molecule has 0 aromatic rings. The number of rotatable bonds is 11. The fraction of sp³-hybridized carbons (Fsp3) is 0.870. The maximum Gasteiger partial charge on any atom is 0.308 e. The van der Waals surface area contributed by atoms with Gasteiger partial charge in [-0.15, -0.1) is 0 Å². The summed E-state index contributed by atoms with van der Waals surface area (Å²) in [4.78, 5) is 29.9. The molecule has 4 heterocycles. The van der Waals surface area contributed by atoms with Crippen molar-refractivity contribution in [3.63, 3.8) is 0 Å². The normalized spacial score (nSPS) is 46.4. The summed E-state index contributed by atoms with van der Waals surface area (Å²) in [5.74, 6) is -2.05. The van der Waals surface area contributed by atoms with Gasteiger partial charge >= 0.3 is 5.97 Å². The minimum atomic E-state index is -1.46. The zero-order valence-corrected chi connectivity index (χ0v) is 39.1. The summed E-state index contributed by atoms with van der Waals surface area (Å²) in [6, 6.07) is -0.421. The number of hydrogen-bond acceptors (Lipinski definition) is 15. The van der Waals surface area contributed by atoms with E-state index in [0.29, 0.717) is 19.3 Å². The van der Waals surface area contributed by atoms with Crippen LogP contribution in [0.2, 0.25) is 0 Å². The molecule has 0 unspecified atom stereocenters. The van der Waals surface area contributed by atoms with Crippen molar-refractivity contribution < 1.29 is 63.2 Å². The van der Waals surface area contributed by atoms with Gasteiger partial charge in [-0.3, -0.25) is 4.79 Å². The molecule has 61 heavy (non-hydrogen) atoms. The van der Waals surface area contributed by atoms with E-state index in [1.165, 1.54) is 6.92 Å². The van der Waals surface area contributed by atoms with E-state index in [1.807, 2.05) is 37.8 Å². The highest BCUT2D eigenvalue weighted by Crippen LogP contribution is 2.38. The van der Waals surface area contributed by atoms with E-state index >= 15 is 0 Å². The lowest BCUT2D eigenvalue weighted by atomic mass is 9.79. The molecule has 0 amide bonds. The lowest BCUT2D eigenvalue weighted by Crippen LogP contribution is -2.65. The number of aliphatic hydroxyl groups is 4. The van der Waals surface area contributed by atoms with E-state index in [0.717, 1.165) is 18.3 Å². The van der Waals surface area contributed by atoms with E-state index in [-0.39, 0.29) is 43.2 Å². The van der Waals surface area contributed by atoms with E-state index in [1.54, 1.807) is 34.9 Å². The second kappa shape index (κ2) is 22.9. The van der Waals surface area contributed by atoms with Crippen molar-refractivity contribution in [1.29, 1.82) is 0 Å². The fourth-order valence-electron chi connectivity index (χ4n) is 9.85. The Hall–Kier alpha value is -1.86. The molecule has 4 aliphatic rings. The standard InChI is InChI=1S/C46H80N2O13/c1-14-35-26(3)21-25(2)15-17-36(59-38-18-16-33(47(10)11)29(6)55-38)27(4)22-32(19-20-49)42(28(5)34(50)23-37(51)58-35)61-45-41(52)40(48(12)13)43(30(7)57-45)60-39-24-46(9,54)44(53)31(8)56-39/h15,17,20-21,26-36,38-45,50,52-54H,14,16,18-19,22-24H2,1-13H3/b17-15+,25-21+/t26-,27-,28+,29-,30+,31+,32+,33-,34+,35-,36+,38+,39-,40-,41-,42-,43+,44+,45+,46+/m1/s1. The lowest BCUT2D eigenvalue weighted by molar-refractivity contribution is -0.342. The summed E-state index contributed by atoms with van der Waals surface area (Å²) in [5, 5.41) is 45.3. The van der Waals surface area contributed by atoms with Crippen LogP contribution in [0.5, 0.6) is 0 Å². The predicted octanol–water partition coefficient (Wildman–Crippen LogP) is 3.97. The zero-order chi connectivity index (χ0) is 45.5. The molecule has 0 spiro atoms. The summed E-state index contributed by atoms with van der Waals surface area (Å²) in [7, 11) is 7.71. The Kier molecular flexibility index (Phi) is 19.4. The SMILES string of the molecule is CC[C@H]1OC(=O)C[C@H](O)[C@H](C)[C@@H](O[C@@H]2O[C@@H](C)[C@H](O[C@@H]3C[C@](C)(O)[C@@H](O)[C@H](C)O3)[C@H](N(C)C)[C@H]2O)[C@@H](CC=O)C[C@@H](C)[C@@H](O[C@H]2CC[C@@H](N(C)C)[C@@H](C)O2)/C=C/C(C)=C/[C@H]1C. The van der Waals surface area contributed by atoms with Gasteiger partial charge in [-0.1, -0.05) is 51.5 Å². The highest BCUT2D eigenvalue weighted by Gasteiger charge is 2.51. The number of ether oxygens (including phenoxy) is 7. The number of carbonyl (C=O) groups excluding carboxylic acids is 2. The van der Waals surface area contributed by atoms with Gasteiger partial charge < -0.3 is 68.2 Å². The maximum atomic E-state index is 13.4. The summed E-state index contributed by atoms with van der Waals surface area (Å²) < 4.78 is 44.8. The first-order valence-corrected chi connectivity index (χ1v) is 22.6. The largest absolute Gasteiger partial charge is 0.462 e. The average Bonchev–Trinajstić information content (AvgIpc) is 3.17. The average molecular weight is 869 g/mol. The Morgan fingerprint density at radius 3 is 2.15 bits per heavy atom. The predicted molar refractivity (Wildman–Crippen MR) is 229 cm³/mol. The third kappa shape index (κ3) is 13.6. The summed E-state index contributed by atoms with van der Waals surface area (Å²) in [6.45, 7) is 16.9. The molecule has 0 aliphatic carbocycles. The van der Waals surface area contributed by atoms with Crippen LogP contribution in [-0.4, -0.2) is 168 Å². The Labute approximate surface area is 365 Å². The lowest BCUT2D eigenvalue weighted by Gasteiger charge is -2.50. The monoisotopic (exact) mass is 869 g/mol. The molecule has 15 heteroatoms. The van der Waals surface area contributed by atoms with E-state index in [9.17, 15) is 30.0 Å². The van der Waals surface area contributed by atoms with Crippen LogP contribution in [0.3, 0.4) is 0 Å². The number of cyclic esters (lactones) is 1. The first-order chi connectivity index (χ1) is 28.6. The highest BCUT2D eigenvalue weighted by atomic mass is 16.7. The van der Waals surface area contributed by atoms with Crippen molar-refractivity contribution in [2.75, 3.05) is 28.2 Å². The molecule has 352 valence electrons. The number of aldehydes is 1. The van der Waals surface area contributed by atoms with Gasteiger partial charge in [-0.05, 0) is 100 Å². The number of aliphatic hydroxyl groups excluding tert-OH is 3.